The highest BCUT2D eigenvalue weighted by atomic mass is 16.2. The van der Waals surface area contributed by atoms with Crippen molar-refractivity contribution in [1.82, 2.24) is 4.98 Å². The Kier molecular flexibility index (Phi) is 2.59. The molecule has 13 heavy (non-hydrogen) atoms. The van der Waals surface area contributed by atoms with Crippen LogP contribution in [0.3, 0.4) is 0 Å². The summed E-state index contributed by atoms with van der Waals surface area (Å²) in [7, 11) is 1.46. The van der Waals surface area contributed by atoms with Crippen molar-refractivity contribution in [3.8, 4) is 0 Å². The van der Waals surface area contributed by atoms with Gasteiger partial charge in [-0.15, -0.1) is 0 Å². The molecule has 0 spiro atoms. The molecule has 0 atom stereocenters. The number of anilines is 1. The van der Waals surface area contributed by atoms with Crippen LogP contribution in [0.1, 0.15) is 0 Å². The summed E-state index contributed by atoms with van der Waals surface area (Å²) < 4.78 is 0. The Labute approximate surface area is 75.2 Å². The molecule has 0 fully saturated rings. The lowest BCUT2D eigenvalue weighted by atomic mass is 10.3. The minimum Gasteiger partial charge on any atom is -0.361 e. The Hall–Kier alpha value is -1.91. The molecular weight excluding hydrogens is 170 g/mol. The van der Waals surface area contributed by atoms with Crippen molar-refractivity contribution in [3.63, 3.8) is 0 Å². The van der Waals surface area contributed by atoms with E-state index in [4.69, 9.17) is 5.73 Å². The van der Waals surface area contributed by atoms with Gasteiger partial charge < -0.3 is 10.6 Å². The molecule has 0 bridgehead atoms. The predicted octanol–water partition coefficient (Wildman–Crippen LogP) is -0.470. The van der Waals surface area contributed by atoms with E-state index >= 15 is 0 Å². The molecule has 1 rings (SSSR count). The van der Waals surface area contributed by atoms with E-state index in [0.717, 1.165) is 4.90 Å². The average Bonchev–Trinajstić information content (AvgIpc) is 2.17. The van der Waals surface area contributed by atoms with Gasteiger partial charge in [-0.3, -0.25) is 14.6 Å². The second-order valence-electron chi connectivity index (χ2n) is 2.44. The standard InChI is InChI=1S/C8H9N3O2/c1-11(8(13)7(9)12)6-3-2-4-10-5-6/h2-5H,1H3,(H2,9,12). The Balaban J connectivity index is 2.86. The van der Waals surface area contributed by atoms with E-state index in [1.807, 2.05) is 0 Å². The van der Waals surface area contributed by atoms with Crippen molar-refractivity contribution in [2.45, 2.75) is 0 Å². The van der Waals surface area contributed by atoms with Crippen molar-refractivity contribution in [2.24, 2.45) is 5.73 Å². The van der Waals surface area contributed by atoms with Gasteiger partial charge in [-0.1, -0.05) is 0 Å². The van der Waals surface area contributed by atoms with Crippen molar-refractivity contribution >= 4 is 17.5 Å². The first-order valence-corrected chi connectivity index (χ1v) is 3.60. The second kappa shape index (κ2) is 3.66. The zero-order chi connectivity index (χ0) is 9.84. The number of aromatic nitrogens is 1. The molecule has 1 aromatic heterocycles. The third kappa shape index (κ3) is 2.02. The van der Waals surface area contributed by atoms with Gasteiger partial charge in [0.05, 0.1) is 11.9 Å². The summed E-state index contributed by atoms with van der Waals surface area (Å²) in [6.45, 7) is 0. The van der Waals surface area contributed by atoms with E-state index in [2.05, 4.69) is 4.98 Å². The molecule has 2 amide bonds. The van der Waals surface area contributed by atoms with Gasteiger partial charge in [-0.25, -0.2) is 0 Å². The highest BCUT2D eigenvalue weighted by Crippen LogP contribution is 2.08. The van der Waals surface area contributed by atoms with E-state index in [1.165, 1.54) is 13.2 Å². The van der Waals surface area contributed by atoms with Crippen LogP contribution >= 0.6 is 0 Å². The van der Waals surface area contributed by atoms with E-state index < -0.39 is 11.8 Å². The van der Waals surface area contributed by atoms with Gasteiger partial charge in [0.25, 0.3) is 0 Å². The maximum atomic E-state index is 11.1. The van der Waals surface area contributed by atoms with Gasteiger partial charge in [-0.05, 0) is 12.1 Å². The maximum absolute atomic E-state index is 11.1. The minimum atomic E-state index is -0.980. The smallest absolute Gasteiger partial charge is 0.315 e. The molecule has 0 unspecified atom stereocenters. The lowest BCUT2D eigenvalue weighted by Gasteiger charge is -2.13. The SMILES string of the molecule is CN(C(=O)C(N)=O)c1cccnc1. The van der Waals surface area contributed by atoms with Crippen LogP contribution in [0.4, 0.5) is 5.69 Å². The number of carbonyl (C=O) groups is 2. The number of likely N-dealkylation sites (N-methyl/N-ethyl adjacent to an activating group) is 1. The number of nitrogens with zero attached hydrogens (tertiary/aromatic N) is 2. The molecule has 0 saturated heterocycles. The number of rotatable bonds is 1. The topological polar surface area (TPSA) is 76.3 Å². The predicted molar refractivity (Wildman–Crippen MR) is 46.8 cm³/mol. The van der Waals surface area contributed by atoms with E-state index in [-0.39, 0.29) is 0 Å². The van der Waals surface area contributed by atoms with E-state index in [1.54, 1.807) is 18.3 Å². The molecule has 1 heterocycles. The Morgan fingerprint density at radius 1 is 1.54 bits per heavy atom. The van der Waals surface area contributed by atoms with Gasteiger partial charge in [0, 0.05) is 13.2 Å². The quantitative estimate of drug-likeness (QED) is 0.592. The molecule has 1 aromatic rings. The monoisotopic (exact) mass is 179 g/mol. The summed E-state index contributed by atoms with van der Waals surface area (Å²) in [5.41, 5.74) is 5.36. The molecule has 0 radical (unpaired) electrons. The number of nitrogens with two attached hydrogens (primary N) is 1. The zero-order valence-corrected chi connectivity index (χ0v) is 7.10. The number of pyridine rings is 1. The highest BCUT2D eigenvalue weighted by molar-refractivity contribution is 6.39. The molecule has 0 aromatic carbocycles. The summed E-state index contributed by atoms with van der Waals surface area (Å²) >= 11 is 0. The van der Waals surface area contributed by atoms with Crippen LogP contribution in [-0.4, -0.2) is 23.8 Å². The Morgan fingerprint density at radius 3 is 2.69 bits per heavy atom. The molecule has 2 N–H and O–H groups in total. The third-order valence-corrected chi connectivity index (χ3v) is 1.55. The first-order valence-electron chi connectivity index (χ1n) is 3.60. The van der Waals surface area contributed by atoms with Crippen LogP contribution in [0.5, 0.6) is 0 Å². The Morgan fingerprint density at radius 2 is 2.23 bits per heavy atom. The molecule has 0 saturated carbocycles. The number of carbonyl (C=O) groups excluding carboxylic acids is 2. The molecular formula is C8H9N3O2. The third-order valence-electron chi connectivity index (χ3n) is 1.55. The van der Waals surface area contributed by atoms with Crippen molar-refractivity contribution < 1.29 is 9.59 Å². The van der Waals surface area contributed by atoms with Crippen molar-refractivity contribution in [2.75, 3.05) is 11.9 Å². The van der Waals surface area contributed by atoms with Crippen molar-refractivity contribution in [3.05, 3.63) is 24.5 Å². The molecule has 5 nitrogen and oxygen atoms in total. The van der Waals surface area contributed by atoms with Crippen LogP contribution in [0, 0.1) is 0 Å². The van der Waals surface area contributed by atoms with Gasteiger partial charge in [0.1, 0.15) is 0 Å². The normalized spacial score (nSPS) is 9.31. The fourth-order valence-corrected chi connectivity index (χ4v) is 0.835. The van der Waals surface area contributed by atoms with Crippen molar-refractivity contribution in [1.29, 1.82) is 0 Å². The highest BCUT2D eigenvalue weighted by Gasteiger charge is 2.15. The largest absolute Gasteiger partial charge is 0.361 e. The van der Waals surface area contributed by atoms with Gasteiger partial charge in [0.15, 0.2) is 0 Å². The molecule has 0 aliphatic rings. The van der Waals surface area contributed by atoms with E-state index in [9.17, 15) is 9.59 Å². The summed E-state index contributed by atoms with van der Waals surface area (Å²) in [5, 5.41) is 0. The molecule has 0 aliphatic carbocycles. The Bertz CT molecular complexity index is 323. The minimum absolute atomic E-state index is 0.534. The number of amides is 2. The average molecular weight is 179 g/mol. The number of primary amides is 1. The number of hydrogen-bond donors (Lipinski definition) is 1. The fourth-order valence-electron chi connectivity index (χ4n) is 0.835. The number of hydrogen-bond acceptors (Lipinski definition) is 3. The lowest BCUT2D eigenvalue weighted by Crippen LogP contribution is -2.37. The molecule has 5 heteroatoms. The van der Waals surface area contributed by atoms with Gasteiger partial charge >= 0.3 is 11.8 Å². The van der Waals surface area contributed by atoms with Gasteiger partial charge in [0.2, 0.25) is 0 Å². The van der Waals surface area contributed by atoms with Gasteiger partial charge in [-0.2, -0.15) is 0 Å². The van der Waals surface area contributed by atoms with E-state index in [0.29, 0.717) is 5.69 Å². The van der Waals surface area contributed by atoms with Crippen LogP contribution in [0.2, 0.25) is 0 Å². The first kappa shape index (κ1) is 9.18. The van der Waals surface area contributed by atoms with Crippen LogP contribution in [0.15, 0.2) is 24.5 Å². The lowest BCUT2D eigenvalue weighted by molar-refractivity contribution is -0.135. The summed E-state index contributed by atoms with van der Waals surface area (Å²) in [6, 6.07) is 3.33. The van der Waals surface area contributed by atoms with Crippen LogP contribution in [0.25, 0.3) is 0 Å². The maximum Gasteiger partial charge on any atom is 0.315 e. The van der Waals surface area contributed by atoms with Crippen LogP contribution in [-0.2, 0) is 9.59 Å². The second-order valence-corrected chi connectivity index (χ2v) is 2.44. The first-order chi connectivity index (χ1) is 6.13. The summed E-state index contributed by atoms with van der Waals surface area (Å²) in [5.74, 6) is -1.74. The zero-order valence-electron chi connectivity index (χ0n) is 7.10. The summed E-state index contributed by atoms with van der Waals surface area (Å²) in [6.07, 6.45) is 3.05. The fraction of sp³-hybridized carbons (Fsp3) is 0.125. The molecule has 68 valence electrons. The van der Waals surface area contributed by atoms with Crippen LogP contribution < -0.4 is 10.6 Å². The summed E-state index contributed by atoms with van der Waals surface area (Å²) in [4.78, 5) is 26.5. The molecule has 0 aliphatic heterocycles.